The van der Waals surface area contributed by atoms with Gasteiger partial charge in [0.25, 0.3) is 0 Å². The largest absolute Gasteiger partial charge is 0.383 e. The van der Waals surface area contributed by atoms with E-state index in [1.807, 2.05) is 6.07 Å². The fourth-order valence-corrected chi connectivity index (χ4v) is 2.69. The molecule has 112 valence electrons. The highest BCUT2D eigenvalue weighted by molar-refractivity contribution is 5.39. The molecule has 0 spiro atoms. The highest BCUT2D eigenvalue weighted by atomic mass is 16.5. The summed E-state index contributed by atoms with van der Waals surface area (Å²) in [5.41, 5.74) is 7.10. The Morgan fingerprint density at radius 2 is 2.25 bits per heavy atom. The van der Waals surface area contributed by atoms with Gasteiger partial charge in [0.1, 0.15) is 5.82 Å². The van der Waals surface area contributed by atoms with E-state index in [0.717, 1.165) is 31.6 Å². The number of pyridine rings is 1. The van der Waals surface area contributed by atoms with Crippen molar-refractivity contribution in [2.24, 2.45) is 5.92 Å². The fourth-order valence-electron chi connectivity index (χ4n) is 2.69. The van der Waals surface area contributed by atoms with E-state index in [2.05, 4.69) is 30.2 Å². The third kappa shape index (κ3) is 4.18. The molecule has 1 aliphatic rings. The summed E-state index contributed by atoms with van der Waals surface area (Å²) in [4.78, 5) is 4.19. The summed E-state index contributed by atoms with van der Waals surface area (Å²) in [6.45, 7) is 6.05. The zero-order valence-corrected chi connectivity index (χ0v) is 12.6. The predicted octanol–water partition coefficient (Wildman–Crippen LogP) is 2.39. The molecule has 1 aliphatic carbocycles. The zero-order valence-electron chi connectivity index (χ0n) is 12.6. The van der Waals surface area contributed by atoms with Crippen LogP contribution in [-0.2, 0) is 11.2 Å². The van der Waals surface area contributed by atoms with Crippen molar-refractivity contribution in [2.75, 3.05) is 18.9 Å². The van der Waals surface area contributed by atoms with Crippen molar-refractivity contribution >= 4 is 5.82 Å². The highest BCUT2D eigenvalue weighted by Crippen LogP contribution is 2.36. The summed E-state index contributed by atoms with van der Waals surface area (Å²) in [6, 6.07) is 4.35. The Morgan fingerprint density at radius 3 is 2.85 bits per heavy atom. The molecule has 20 heavy (non-hydrogen) atoms. The molecule has 4 nitrogen and oxygen atoms in total. The van der Waals surface area contributed by atoms with Crippen LogP contribution in [-0.4, -0.2) is 30.3 Å². The van der Waals surface area contributed by atoms with E-state index >= 15 is 0 Å². The van der Waals surface area contributed by atoms with Crippen molar-refractivity contribution in [1.29, 1.82) is 0 Å². The average molecular weight is 277 g/mol. The number of hydrogen-bond acceptors (Lipinski definition) is 4. The molecule has 0 bridgehead atoms. The van der Waals surface area contributed by atoms with Crippen LogP contribution in [0.3, 0.4) is 0 Å². The maximum Gasteiger partial charge on any atom is 0.126 e. The lowest BCUT2D eigenvalue weighted by molar-refractivity contribution is 0.0193. The van der Waals surface area contributed by atoms with Gasteiger partial charge in [0.05, 0.1) is 6.10 Å². The molecule has 4 heteroatoms. The number of nitrogen functional groups attached to an aromatic ring is 1. The molecule has 1 aromatic heterocycles. The lowest BCUT2D eigenvalue weighted by Gasteiger charge is -2.28. The summed E-state index contributed by atoms with van der Waals surface area (Å²) in [6.07, 6.45) is 6.64. The first-order valence-electron chi connectivity index (χ1n) is 7.80. The minimum absolute atomic E-state index is 0.297. The first kappa shape index (κ1) is 15.3. The van der Waals surface area contributed by atoms with E-state index < -0.39 is 0 Å². The number of nitrogens with zero attached hydrogens (tertiary/aromatic N) is 1. The van der Waals surface area contributed by atoms with Crippen molar-refractivity contribution in [2.45, 2.75) is 51.7 Å². The number of aromatic nitrogens is 1. The second-order valence-electron chi connectivity index (χ2n) is 5.57. The molecule has 0 aromatic carbocycles. The van der Waals surface area contributed by atoms with E-state index in [0.29, 0.717) is 23.9 Å². The van der Waals surface area contributed by atoms with Gasteiger partial charge >= 0.3 is 0 Å². The van der Waals surface area contributed by atoms with Gasteiger partial charge in [-0.15, -0.1) is 0 Å². The monoisotopic (exact) mass is 277 g/mol. The molecule has 2 atom stereocenters. The number of nitrogens with one attached hydrogen (secondary N) is 1. The van der Waals surface area contributed by atoms with Crippen LogP contribution in [0.2, 0.25) is 0 Å². The number of nitrogens with two attached hydrogens (primary N) is 1. The zero-order chi connectivity index (χ0) is 14.4. The Labute approximate surface area is 122 Å². The van der Waals surface area contributed by atoms with Gasteiger partial charge in [-0.2, -0.15) is 0 Å². The van der Waals surface area contributed by atoms with Gasteiger partial charge in [0, 0.05) is 18.8 Å². The topological polar surface area (TPSA) is 60.2 Å². The van der Waals surface area contributed by atoms with Crippen LogP contribution in [0.25, 0.3) is 0 Å². The molecule has 1 aromatic rings. The van der Waals surface area contributed by atoms with Crippen molar-refractivity contribution in [3.05, 3.63) is 23.9 Å². The molecular weight excluding hydrogens is 250 g/mol. The van der Waals surface area contributed by atoms with Gasteiger partial charge in [0.15, 0.2) is 0 Å². The third-order valence-corrected chi connectivity index (χ3v) is 3.86. The second-order valence-corrected chi connectivity index (χ2v) is 5.57. The van der Waals surface area contributed by atoms with Crippen LogP contribution in [0.15, 0.2) is 18.3 Å². The number of rotatable bonds is 9. The minimum Gasteiger partial charge on any atom is -0.383 e. The van der Waals surface area contributed by atoms with Gasteiger partial charge in [-0.05, 0) is 56.7 Å². The number of hydrogen-bond donors (Lipinski definition) is 2. The molecule has 2 rings (SSSR count). The van der Waals surface area contributed by atoms with Gasteiger partial charge in [-0.1, -0.05) is 13.0 Å². The molecule has 2 unspecified atom stereocenters. The normalized spacial score (nSPS) is 17.9. The van der Waals surface area contributed by atoms with E-state index in [4.69, 9.17) is 10.5 Å². The van der Waals surface area contributed by atoms with Crippen LogP contribution < -0.4 is 11.1 Å². The van der Waals surface area contributed by atoms with Crippen LogP contribution >= 0.6 is 0 Å². The maximum atomic E-state index is 6.01. The molecule has 1 fully saturated rings. The van der Waals surface area contributed by atoms with E-state index in [1.54, 1.807) is 6.20 Å². The van der Waals surface area contributed by atoms with Crippen molar-refractivity contribution < 1.29 is 4.74 Å². The highest BCUT2D eigenvalue weighted by Gasteiger charge is 2.37. The standard InChI is InChI=1S/C16H27N3O/c1-3-9-18-14(15(20-4-2)12-7-8-12)11-13-6-5-10-19-16(13)17/h5-6,10,12,14-15,18H,3-4,7-9,11H2,1-2H3,(H2,17,19). The van der Waals surface area contributed by atoms with E-state index in [1.165, 1.54) is 12.8 Å². The Bertz CT molecular complexity index is 406. The Morgan fingerprint density at radius 1 is 1.45 bits per heavy atom. The molecule has 1 saturated carbocycles. The molecule has 1 heterocycles. The predicted molar refractivity (Wildman–Crippen MR) is 82.6 cm³/mol. The molecular formula is C16H27N3O. The van der Waals surface area contributed by atoms with Crippen molar-refractivity contribution in [3.63, 3.8) is 0 Å². The summed E-state index contributed by atoms with van der Waals surface area (Å²) < 4.78 is 6.01. The van der Waals surface area contributed by atoms with Gasteiger partial charge < -0.3 is 15.8 Å². The summed E-state index contributed by atoms with van der Waals surface area (Å²) in [5, 5.41) is 3.64. The van der Waals surface area contributed by atoms with Gasteiger partial charge in [-0.3, -0.25) is 0 Å². The maximum absolute atomic E-state index is 6.01. The first-order chi connectivity index (χ1) is 9.76. The Kier molecular flexibility index (Phi) is 5.80. The molecule has 0 amide bonds. The molecule has 3 N–H and O–H groups in total. The third-order valence-electron chi connectivity index (χ3n) is 3.86. The van der Waals surface area contributed by atoms with Crippen LogP contribution in [0.4, 0.5) is 5.82 Å². The summed E-state index contributed by atoms with van der Waals surface area (Å²) in [5.74, 6) is 1.35. The fraction of sp³-hybridized carbons (Fsp3) is 0.688. The smallest absolute Gasteiger partial charge is 0.126 e. The Balaban J connectivity index is 2.07. The first-order valence-corrected chi connectivity index (χ1v) is 7.80. The van der Waals surface area contributed by atoms with Crippen molar-refractivity contribution in [1.82, 2.24) is 10.3 Å². The number of ether oxygens (including phenoxy) is 1. The molecule has 0 radical (unpaired) electrons. The lowest BCUT2D eigenvalue weighted by Crippen LogP contribution is -2.44. The van der Waals surface area contributed by atoms with Crippen LogP contribution in [0.5, 0.6) is 0 Å². The lowest BCUT2D eigenvalue weighted by atomic mass is 9.98. The van der Waals surface area contributed by atoms with Crippen molar-refractivity contribution in [3.8, 4) is 0 Å². The Hall–Kier alpha value is -1.13. The molecule has 0 saturated heterocycles. The minimum atomic E-state index is 0.297. The van der Waals surface area contributed by atoms with E-state index in [-0.39, 0.29) is 0 Å². The van der Waals surface area contributed by atoms with Crippen LogP contribution in [0, 0.1) is 5.92 Å². The summed E-state index contributed by atoms with van der Waals surface area (Å²) in [7, 11) is 0. The molecule has 0 aliphatic heterocycles. The van der Waals surface area contributed by atoms with Crippen LogP contribution in [0.1, 0.15) is 38.7 Å². The van der Waals surface area contributed by atoms with E-state index in [9.17, 15) is 0 Å². The van der Waals surface area contributed by atoms with Gasteiger partial charge in [0.2, 0.25) is 0 Å². The average Bonchev–Trinajstić information content (AvgIpc) is 3.28. The quantitative estimate of drug-likeness (QED) is 0.727. The summed E-state index contributed by atoms with van der Waals surface area (Å²) >= 11 is 0. The SMILES string of the molecule is CCCNC(Cc1cccnc1N)C(OCC)C1CC1. The number of anilines is 1. The van der Waals surface area contributed by atoms with Gasteiger partial charge in [-0.25, -0.2) is 4.98 Å². The second kappa shape index (κ2) is 7.60.